The smallest absolute Gasteiger partial charge is 0.330 e. The second-order valence-electron chi connectivity index (χ2n) is 7.40. The average Bonchev–Trinajstić information content (AvgIpc) is 3.12. The Balaban J connectivity index is 1.87. The van der Waals surface area contributed by atoms with Gasteiger partial charge in [0.15, 0.2) is 0 Å². The molecule has 4 N–H and O–H groups in total. The first-order valence-electron chi connectivity index (χ1n) is 9.50. The highest BCUT2D eigenvalue weighted by Gasteiger charge is 2.26. The summed E-state index contributed by atoms with van der Waals surface area (Å²) in [6.45, 7) is 4.86. The summed E-state index contributed by atoms with van der Waals surface area (Å²) in [5, 5.41) is 13.1. The molecular formula is C19H32N4O3. The van der Waals surface area contributed by atoms with Crippen molar-refractivity contribution in [3.63, 3.8) is 0 Å². The number of hydrogen-bond acceptors (Lipinski definition) is 6. The Morgan fingerprint density at radius 1 is 1.35 bits per heavy atom. The highest BCUT2D eigenvalue weighted by Crippen LogP contribution is 2.18. The van der Waals surface area contributed by atoms with Gasteiger partial charge in [0.1, 0.15) is 0 Å². The van der Waals surface area contributed by atoms with Crippen molar-refractivity contribution >= 4 is 11.9 Å². The van der Waals surface area contributed by atoms with Crippen LogP contribution in [0.2, 0.25) is 0 Å². The summed E-state index contributed by atoms with van der Waals surface area (Å²) in [6.07, 6.45) is 10.1. The summed E-state index contributed by atoms with van der Waals surface area (Å²) in [4.78, 5) is 23.8. The molecule has 2 atom stereocenters. The molecule has 0 aromatic carbocycles. The Labute approximate surface area is 156 Å². The number of allylic oxidation sites excluding steroid dienone is 1. The first-order chi connectivity index (χ1) is 12.5. The first kappa shape index (κ1) is 20.3. The third-order valence-electron chi connectivity index (χ3n) is 4.68. The maximum atomic E-state index is 12.7. The molecule has 0 aromatic rings. The fourth-order valence-electron chi connectivity index (χ4n) is 3.30. The third-order valence-corrected chi connectivity index (χ3v) is 4.68. The summed E-state index contributed by atoms with van der Waals surface area (Å²) >= 11 is 0. The minimum Gasteiger partial charge on any atom is -0.466 e. The first-order valence-corrected chi connectivity index (χ1v) is 9.50. The van der Waals surface area contributed by atoms with Gasteiger partial charge < -0.3 is 20.7 Å². The zero-order valence-electron chi connectivity index (χ0n) is 16.0. The van der Waals surface area contributed by atoms with Crippen molar-refractivity contribution in [1.82, 2.24) is 21.3 Å². The van der Waals surface area contributed by atoms with Gasteiger partial charge in [-0.3, -0.25) is 10.1 Å². The molecule has 0 bridgehead atoms. The minimum absolute atomic E-state index is 0.0524. The zero-order chi connectivity index (χ0) is 18.9. The van der Waals surface area contributed by atoms with Crippen molar-refractivity contribution in [2.75, 3.05) is 13.7 Å². The third kappa shape index (κ3) is 6.71. The lowest BCUT2D eigenvalue weighted by Gasteiger charge is -2.30. The molecule has 7 nitrogen and oxygen atoms in total. The topological polar surface area (TPSA) is 91.5 Å². The number of ether oxygens (including phenoxy) is 1. The second kappa shape index (κ2) is 10.2. The number of carbonyl (C=O) groups is 2. The highest BCUT2D eigenvalue weighted by atomic mass is 16.5. The summed E-state index contributed by atoms with van der Waals surface area (Å²) in [6, 6.07) is 0.0989. The van der Waals surface area contributed by atoms with Crippen LogP contribution in [-0.2, 0) is 14.3 Å². The quantitative estimate of drug-likeness (QED) is 0.381. The van der Waals surface area contributed by atoms with E-state index < -0.39 is 5.97 Å². The second-order valence-corrected chi connectivity index (χ2v) is 7.40. The molecule has 2 unspecified atom stereocenters. The highest BCUT2D eigenvalue weighted by molar-refractivity contribution is 5.82. The van der Waals surface area contributed by atoms with E-state index in [1.54, 1.807) is 12.3 Å². The van der Waals surface area contributed by atoms with Crippen molar-refractivity contribution in [2.24, 2.45) is 5.92 Å². The normalized spacial score (nSPS) is 21.8. The summed E-state index contributed by atoms with van der Waals surface area (Å²) in [7, 11) is 1.35. The lowest BCUT2D eigenvalue weighted by Crippen LogP contribution is -2.58. The molecule has 0 saturated heterocycles. The van der Waals surface area contributed by atoms with Crippen LogP contribution < -0.4 is 21.3 Å². The number of carbonyl (C=O) groups excluding carboxylic acids is 2. The average molecular weight is 364 g/mol. The van der Waals surface area contributed by atoms with Gasteiger partial charge in [0, 0.05) is 24.9 Å². The molecular weight excluding hydrogens is 332 g/mol. The molecule has 1 aliphatic carbocycles. The lowest BCUT2D eigenvalue weighted by atomic mass is 10.0. The van der Waals surface area contributed by atoms with Gasteiger partial charge in [-0.25, -0.2) is 4.79 Å². The van der Waals surface area contributed by atoms with Crippen LogP contribution in [0.15, 0.2) is 24.0 Å². The summed E-state index contributed by atoms with van der Waals surface area (Å²) < 4.78 is 4.57. The van der Waals surface area contributed by atoms with Gasteiger partial charge in [-0.15, -0.1) is 0 Å². The van der Waals surface area contributed by atoms with E-state index in [0.717, 1.165) is 25.0 Å². The molecule has 1 heterocycles. The summed E-state index contributed by atoms with van der Waals surface area (Å²) in [5.74, 6) is 0.119. The van der Waals surface area contributed by atoms with Crippen molar-refractivity contribution < 1.29 is 14.3 Å². The molecule has 7 heteroatoms. The standard InChI is InChI=1S/C19H32N4O3/c1-13(2)10-16(19(25)22-14-6-4-5-7-14)23-17-12-20-15(11-21-17)8-9-18(24)26-3/h8-9,11,13-14,16-17,20-21,23H,4-7,10,12H2,1-3H3,(H,22,25)/b9-8+. The van der Waals surface area contributed by atoms with Gasteiger partial charge in [0.2, 0.25) is 5.91 Å². The van der Waals surface area contributed by atoms with Crippen molar-refractivity contribution in [1.29, 1.82) is 0 Å². The fraction of sp³-hybridized carbons (Fsp3) is 0.684. The Bertz CT molecular complexity index is 539. The number of rotatable bonds is 8. The monoisotopic (exact) mass is 364 g/mol. The number of hydrogen-bond donors (Lipinski definition) is 4. The molecule has 26 heavy (non-hydrogen) atoms. The fourth-order valence-corrected chi connectivity index (χ4v) is 3.30. The number of amides is 1. The van der Waals surface area contributed by atoms with Crippen LogP contribution >= 0.6 is 0 Å². The van der Waals surface area contributed by atoms with Gasteiger partial charge in [-0.05, 0) is 31.3 Å². The molecule has 1 saturated carbocycles. The number of nitrogens with one attached hydrogen (secondary N) is 4. The molecule has 146 valence electrons. The van der Waals surface area contributed by atoms with Crippen LogP contribution in [0.3, 0.4) is 0 Å². The predicted molar refractivity (Wildman–Crippen MR) is 101 cm³/mol. The molecule has 1 aliphatic heterocycles. The van der Waals surface area contributed by atoms with Crippen LogP contribution in [0.1, 0.15) is 46.0 Å². The van der Waals surface area contributed by atoms with Gasteiger partial charge in [0.25, 0.3) is 0 Å². The van der Waals surface area contributed by atoms with E-state index in [-0.39, 0.29) is 18.1 Å². The van der Waals surface area contributed by atoms with E-state index in [2.05, 4.69) is 39.9 Å². The molecule has 0 radical (unpaired) electrons. The largest absolute Gasteiger partial charge is 0.466 e. The van der Waals surface area contributed by atoms with E-state index in [9.17, 15) is 9.59 Å². The van der Waals surface area contributed by atoms with E-state index in [4.69, 9.17) is 0 Å². The molecule has 0 aromatic heterocycles. The van der Waals surface area contributed by atoms with Crippen molar-refractivity contribution in [3.05, 3.63) is 24.0 Å². The Kier molecular flexibility index (Phi) is 7.97. The molecule has 0 spiro atoms. The Morgan fingerprint density at radius 3 is 2.65 bits per heavy atom. The van der Waals surface area contributed by atoms with E-state index in [1.807, 2.05) is 0 Å². The van der Waals surface area contributed by atoms with Crippen LogP contribution in [0.25, 0.3) is 0 Å². The van der Waals surface area contributed by atoms with Crippen LogP contribution in [0.5, 0.6) is 0 Å². The van der Waals surface area contributed by atoms with E-state index >= 15 is 0 Å². The SMILES string of the molecule is COC(=O)/C=C/C1=CNC(NC(CC(C)C)C(=O)NC2CCCC2)CN1. The van der Waals surface area contributed by atoms with Crippen LogP contribution in [-0.4, -0.2) is 43.8 Å². The Hall–Kier alpha value is -2.02. The summed E-state index contributed by atoms with van der Waals surface area (Å²) in [5.41, 5.74) is 0.796. The van der Waals surface area contributed by atoms with Gasteiger partial charge >= 0.3 is 5.97 Å². The number of methoxy groups -OCH3 is 1. The molecule has 2 rings (SSSR count). The Morgan fingerprint density at radius 2 is 2.08 bits per heavy atom. The van der Waals surface area contributed by atoms with E-state index in [0.29, 0.717) is 18.5 Å². The van der Waals surface area contributed by atoms with Crippen molar-refractivity contribution in [2.45, 2.75) is 64.2 Å². The lowest BCUT2D eigenvalue weighted by molar-refractivity contribution is -0.134. The number of esters is 1. The van der Waals surface area contributed by atoms with Gasteiger partial charge in [0.05, 0.1) is 25.0 Å². The predicted octanol–water partition coefficient (Wildman–Crippen LogP) is 1.14. The van der Waals surface area contributed by atoms with Crippen LogP contribution in [0.4, 0.5) is 0 Å². The zero-order valence-corrected chi connectivity index (χ0v) is 16.0. The maximum absolute atomic E-state index is 12.7. The molecule has 1 fully saturated rings. The van der Waals surface area contributed by atoms with Crippen molar-refractivity contribution in [3.8, 4) is 0 Å². The van der Waals surface area contributed by atoms with Crippen LogP contribution in [0, 0.1) is 5.92 Å². The molecule has 1 amide bonds. The van der Waals surface area contributed by atoms with E-state index in [1.165, 1.54) is 26.0 Å². The van der Waals surface area contributed by atoms with Gasteiger partial charge in [-0.1, -0.05) is 26.7 Å². The molecule has 2 aliphatic rings. The van der Waals surface area contributed by atoms with Gasteiger partial charge in [-0.2, -0.15) is 0 Å². The maximum Gasteiger partial charge on any atom is 0.330 e. The minimum atomic E-state index is -0.395.